The van der Waals surface area contributed by atoms with Gasteiger partial charge in [0.2, 0.25) is 0 Å². The summed E-state index contributed by atoms with van der Waals surface area (Å²) in [6.07, 6.45) is 5.64. The van der Waals surface area contributed by atoms with Gasteiger partial charge < -0.3 is 9.88 Å². The van der Waals surface area contributed by atoms with Crippen LogP contribution in [0.2, 0.25) is 0 Å². The Bertz CT molecular complexity index is 2500. The molecule has 0 saturated heterocycles. The van der Waals surface area contributed by atoms with E-state index in [1.165, 1.54) is 88.2 Å². The molecule has 1 aliphatic rings. The maximum Gasteiger partial charge on any atom is 0.0544 e. The highest BCUT2D eigenvalue weighted by atomic mass is 15.0. The van der Waals surface area contributed by atoms with Gasteiger partial charge in [-0.2, -0.15) is 0 Å². The summed E-state index contributed by atoms with van der Waals surface area (Å²) in [4.78, 5) is 0. The number of hydrogen-bond acceptors (Lipinski definition) is 1. The third-order valence-electron chi connectivity index (χ3n) is 9.73. The molecule has 2 nitrogen and oxygen atoms in total. The molecule has 0 spiro atoms. The van der Waals surface area contributed by atoms with Crippen molar-refractivity contribution in [1.29, 1.82) is 0 Å². The molecule has 0 aliphatic heterocycles. The lowest BCUT2D eigenvalue weighted by atomic mass is 9.93. The number of terminal acetylenes is 1. The van der Waals surface area contributed by atoms with Gasteiger partial charge in [0.05, 0.1) is 11.0 Å². The van der Waals surface area contributed by atoms with E-state index >= 15 is 0 Å². The minimum atomic E-state index is 0.617. The molecule has 0 bridgehead atoms. The second-order valence-corrected chi connectivity index (χ2v) is 12.2. The van der Waals surface area contributed by atoms with E-state index < -0.39 is 0 Å². The third-order valence-corrected chi connectivity index (χ3v) is 9.73. The Balaban J connectivity index is 1.18. The number of fused-ring (bicyclic) bond motifs is 6. The molecule has 9 rings (SSSR count). The zero-order valence-electron chi connectivity index (χ0n) is 25.5. The Hall–Kier alpha value is -6.04. The minimum Gasteiger partial charge on any atom is -0.342 e. The maximum atomic E-state index is 5.64. The summed E-state index contributed by atoms with van der Waals surface area (Å²) in [5.41, 5.74) is 16.2. The van der Waals surface area contributed by atoms with E-state index in [0.29, 0.717) is 6.54 Å². The van der Waals surface area contributed by atoms with E-state index in [9.17, 15) is 0 Å². The monoisotopic (exact) mass is 586 g/mol. The number of aryl methyl sites for hydroxylation is 1. The van der Waals surface area contributed by atoms with Crippen LogP contribution in [0.15, 0.2) is 140 Å². The summed E-state index contributed by atoms with van der Waals surface area (Å²) in [5.74, 6) is 0. The molecule has 0 saturated carbocycles. The molecule has 1 aliphatic carbocycles. The molecule has 2 heteroatoms. The SMILES string of the molecule is C#CNCc1c(C)ccc2c1c1cc(-c3ccc(-c4ccc5c6c(cccc46)-c4ccccc4-5)cc3)ccc1n2-c1ccccc1. The van der Waals surface area contributed by atoms with Gasteiger partial charge in [-0.1, -0.05) is 116 Å². The molecule has 1 aromatic heterocycles. The summed E-state index contributed by atoms with van der Waals surface area (Å²) in [6.45, 7) is 2.78. The van der Waals surface area contributed by atoms with Crippen molar-refractivity contribution < 1.29 is 0 Å². The van der Waals surface area contributed by atoms with Gasteiger partial charge in [-0.05, 0) is 104 Å². The lowest BCUT2D eigenvalue weighted by Gasteiger charge is -2.11. The van der Waals surface area contributed by atoms with Crippen molar-refractivity contribution in [3.05, 3.63) is 151 Å². The van der Waals surface area contributed by atoms with Crippen molar-refractivity contribution in [2.24, 2.45) is 0 Å². The summed E-state index contributed by atoms with van der Waals surface area (Å²) >= 11 is 0. The smallest absolute Gasteiger partial charge is 0.0544 e. The van der Waals surface area contributed by atoms with Crippen LogP contribution in [0, 0.1) is 19.4 Å². The fourth-order valence-corrected chi connectivity index (χ4v) is 7.59. The second-order valence-electron chi connectivity index (χ2n) is 12.2. The minimum absolute atomic E-state index is 0.617. The molecule has 0 amide bonds. The van der Waals surface area contributed by atoms with Gasteiger partial charge in [0.1, 0.15) is 0 Å². The van der Waals surface area contributed by atoms with Crippen LogP contribution >= 0.6 is 0 Å². The van der Waals surface area contributed by atoms with Crippen LogP contribution in [0.5, 0.6) is 0 Å². The van der Waals surface area contributed by atoms with Crippen LogP contribution in [0.4, 0.5) is 0 Å². The van der Waals surface area contributed by atoms with Gasteiger partial charge in [-0.3, -0.25) is 0 Å². The van der Waals surface area contributed by atoms with Crippen LogP contribution in [-0.4, -0.2) is 4.57 Å². The lowest BCUT2D eigenvalue weighted by molar-refractivity contribution is 0.901. The second kappa shape index (κ2) is 10.3. The summed E-state index contributed by atoms with van der Waals surface area (Å²) < 4.78 is 2.37. The molecular formula is C44H30N2. The molecule has 0 atom stereocenters. The molecule has 216 valence electrons. The number of rotatable bonds is 5. The average Bonchev–Trinajstić information content (AvgIpc) is 3.62. The molecule has 0 radical (unpaired) electrons. The van der Waals surface area contributed by atoms with E-state index in [0.717, 1.165) is 5.69 Å². The maximum absolute atomic E-state index is 5.64. The van der Waals surface area contributed by atoms with Crippen molar-refractivity contribution in [3.8, 4) is 62.7 Å². The van der Waals surface area contributed by atoms with Crippen LogP contribution in [0.3, 0.4) is 0 Å². The highest BCUT2D eigenvalue weighted by Crippen LogP contribution is 2.49. The number of nitrogens with zero attached hydrogens (tertiary/aromatic N) is 1. The summed E-state index contributed by atoms with van der Waals surface area (Å²) in [7, 11) is 0. The molecule has 1 heterocycles. The van der Waals surface area contributed by atoms with Crippen molar-refractivity contribution >= 4 is 32.6 Å². The number of aromatic nitrogens is 1. The van der Waals surface area contributed by atoms with Gasteiger partial charge in [-0.15, -0.1) is 0 Å². The molecule has 1 N–H and O–H groups in total. The number of nitrogens with one attached hydrogen (secondary N) is 1. The van der Waals surface area contributed by atoms with E-state index in [1.54, 1.807) is 0 Å². The van der Waals surface area contributed by atoms with Crippen LogP contribution in [0.1, 0.15) is 11.1 Å². The van der Waals surface area contributed by atoms with Gasteiger partial charge in [0, 0.05) is 29.0 Å². The standard InChI is InChI=1S/C44H30N2/c1-3-45-27-40-28(2)16-24-42-44(40)39-26-31(21-25-41(39)46(42)32-10-5-4-6-11-32)29-17-19-30(20-18-29)33-22-23-38-35-13-8-7-12-34(35)37-15-9-14-36(33)43(37)38/h1,4-26,45H,27H2,2H3. The largest absolute Gasteiger partial charge is 0.342 e. The highest BCUT2D eigenvalue weighted by Gasteiger charge is 2.22. The van der Waals surface area contributed by atoms with Crippen LogP contribution in [0.25, 0.3) is 82.8 Å². The average molecular weight is 587 g/mol. The first kappa shape index (κ1) is 26.4. The number of para-hydroxylation sites is 1. The van der Waals surface area contributed by atoms with Crippen LogP contribution < -0.4 is 5.32 Å². The van der Waals surface area contributed by atoms with E-state index in [-0.39, 0.29) is 0 Å². The first-order chi connectivity index (χ1) is 22.7. The molecular weight excluding hydrogens is 556 g/mol. The van der Waals surface area contributed by atoms with Gasteiger partial charge >= 0.3 is 0 Å². The summed E-state index contributed by atoms with van der Waals surface area (Å²) in [5, 5.41) is 8.26. The first-order valence-corrected chi connectivity index (χ1v) is 15.8. The quantitative estimate of drug-likeness (QED) is 0.157. The van der Waals surface area contributed by atoms with E-state index in [1.807, 2.05) is 0 Å². The van der Waals surface area contributed by atoms with Crippen molar-refractivity contribution in [1.82, 2.24) is 9.88 Å². The molecule has 8 aromatic rings. The zero-order valence-corrected chi connectivity index (χ0v) is 25.5. The predicted octanol–water partition coefficient (Wildman–Crippen LogP) is 10.9. The molecule has 7 aromatic carbocycles. The Morgan fingerprint density at radius 2 is 1.20 bits per heavy atom. The predicted molar refractivity (Wildman–Crippen MR) is 194 cm³/mol. The Kier molecular flexibility index (Phi) is 5.88. The molecule has 0 fully saturated rings. The first-order valence-electron chi connectivity index (χ1n) is 15.8. The van der Waals surface area contributed by atoms with E-state index in [2.05, 4.69) is 162 Å². The molecule has 0 unspecified atom stereocenters. The normalized spacial score (nSPS) is 11.7. The summed E-state index contributed by atoms with van der Waals surface area (Å²) in [6, 6.07) is 53.6. The van der Waals surface area contributed by atoms with Crippen molar-refractivity contribution in [2.45, 2.75) is 13.5 Å². The van der Waals surface area contributed by atoms with Crippen LogP contribution in [-0.2, 0) is 6.54 Å². The Labute approximate surface area is 268 Å². The zero-order chi connectivity index (χ0) is 30.8. The third kappa shape index (κ3) is 3.86. The van der Waals surface area contributed by atoms with E-state index in [4.69, 9.17) is 6.42 Å². The molecule has 46 heavy (non-hydrogen) atoms. The number of hydrogen-bond donors (Lipinski definition) is 1. The fraction of sp³-hybridized carbons (Fsp3) is 0.0455. The van der Waals surface area contributed by atoms with Crippen molar-refractivity contribution in [2.75, 3.05) is 0 Å². The van der Waals surface area contributed by atoms with Gasteiger partial charge in [-0.25, -0.2) is 0 Å². The highest BCUT2D eigenvalue weighted by molar-refractivity contribution is 6.18. The van der Waals surface area contributed by atoms with Crippen molar-refractivity contribution in [3.63, 3.8) is 0 Å². The number of benzene rings is 7. The Morgan fingerprint density at radius 3 is 1.98 bits per heavy atom. The van der Waals surface area contributed by atoms with Gasteiger partial charge in [0.25, 0.3) is 0 Å². The fourth-order valence-electron chi connectivity index (χ4n) is 7.59. The Morgan fingerprint density at radius 1 is 0.543 bits per heavy atom. The topological polar surface area (TPSA) is 17.0 Å². The lowest BCUT2D eigenvalue weighted by Crippen LogP contribution is -2.06. The van der Waals surface area contributed by atoms with Gasteiger partial charge in [0.15, 0.2) is 0 Å².